The molecule has 0 radical (unpaired) electrons. The second-order valence-corrected chi connectivity index (χ2v) is 4.15. The third-order valence-electron chi connectivity index (χ3n) is 2.55. The van der Waals surface area contributed by atoms with Crippen LogP contribution in [0.3, 0.4) is 0 Å². The number of rotatable bonds is 3. The Morgan fingerprint density at radius 1 is 1.00 bits per heavy atom. The van der Waals surface area contributed by atoms with Gasteiger partial charge in [0.2, 0.25) is 0 Å². The Bertz CT molecular complexity index is 535. The highest BCUT2D eigenvalue weighted by Crippen LogP contribution is 2.16. The van der Waals surface area contributed by atoms with Crippen LogP contribution in [-0.4, -0.2) is 20.1 Å². The quantitative estimate of drug-likeness (QED) is 0.611. The lowest BCUT2D eigenvalue weighted by atomic mass is 10.2. The topological polar surface area (TPSA) is 29.5 Å². The zero-order chi connectivity index (χ0) is 13.0. The van der Waals surface area contributed by atoms with Crippen LogP contribution in [0, 0.1) is 0 Å². The Balaban J connectivity index is 2.16. The van der Waals surface area contributed by atoms with E-state index in [1.807, 2.05) is 55.4 Å². The minimum atomic E-state index is -0.343. The Kier molecular flexibility index (Phi) is 3.63. The second-order valence-electron chi connectivity index (χ2n) is 4.15. The fourth-order valence-electron chi connectivity index (χ4n) is 1.57. The zero-order valence-corrected chi connectivity index (χ0v) is 10.5. The van der Waals surface area contributed by atoms with E-state index in [9.17, 15) is 4.79 Å². The van der Waals surface area contributed by atoms with Crippen molar-refractivity contribution in [2.75, 3.05) is 19.0 Å². The van der Waals surface area contributed by atoms with E-state index in [4.69, 9.17) is 4.74 Å². The average Bonchev–Trinajstić information content (AvgIpc) is 2.40. The highest BCUT2D eigenvalue weighted by atomic mass is 16.5. The smallest absolute Gasteiger partial charge is 0.343 e. The van der Waals surface area contributed by atoms with E-state index in [-0.39, 0.29) is 5.97 Å². The molecule has 92 valence electrons. The standard InChI is InChI=1S/C15H15NO2/c1-16(2)13-8-6-7-12(11-13)15(17)18-14-9-4-3-5-10-14/h3-11H,1-2H3. The molecule has 0 saturated heterocycles. The number of ether oxygens (including phenoxy) is 1. The molecule has 0 aromatic heterocycles. The molecule has 0 amide bonds. The van der Waals surface area contributed by atoms with Gasteiger partial charge in [0.1, 0.15) is 5.75 Å². The lowest BCUT2D eigenvalue weighted by molar-refractivity contribution is 0.0735. The highest BCUT2D eigenvalue weighted by molar-refractivity contribution is 5.92. The maximum atomic E-state index is 11.9. The van der Waals surface area contributed by atoms with E-state index in [1.54, 1.807) is 18.2 Å². The van der Waals surface area contributed by atoms with Crippen LogP contribution < -0.4 is 9.64 Å². The van der Waals surface area contributed by atoms with E-state index >= 15 is 0 Å². The van der Waals surface area contributed by atoms with E-state index in [0.717, 1.165) is 5.69 Å². The number of esters is 1. The van der Waals surface area contributed by atoms with E-state index in [0.29, 0.717) is 11.3 Å². The van der Waals surface area contributed by atoms with Crippen LogP contribution in [0.25, 0.3) is 0 Å². The number of carbonyl (C=O) groups excluding carboxylic acids is 1. The molecule has 0 bridgehead atoms. The molecule has 3 nitrogen and oxygen atoms in total. The van der Waals surface area contributed by atoms with Crippen LogP contribution in [0.2, 0.25) is 0 Å². The molecule has 2 aromatic carbocycles. The highest BCUT2D eigenvalue weighted by Gasteiger charge is 2.09. The molecule has 0 unspecified atom stereocenters. The number of anilines is 1. The van der Waals surface area contributed by atoms with Gasteiger partial charge in [-0.25, -0.2) is 4.79 Å². The third kappa shape index (κ3) is 2.88. The molecule has 0 spiro atoms. The summed E-state index contributed by atoms with van der Waals surface area (Å²) in [4.78, 5) is 13.9. The molecule has 0 saturated carbocycles. The predicted octanol–water partition coefficient (Wildman–Crippen LogP) is 2.97. The molecule has 0 aliphatic heterocycles. The first kappa shape index (κ1) is 12.2. The maximum Gasteiger partial charge on any atom is 0.343 e. The number of carbonyl (C=O) groups is 1. The van der Waals surface area contributed by atoms with E-state index in [2.05, 4.69) is 0 Å². The van der Waals surface area contributed by atoms with E-state index in [1.165, 1.54) is 0 Å². The van der Waals surface area contributed by atoms with Crippen molar-refractivity contribution in [2.45, 2.75) is 0 Å². The maximum absolute atomic E-state index is 11.9. The molecule has 0 atom stereocenters. The Hall–Kier alpha value is -2.29. The van der Waals surface area contributed by atoms with Gasteiger partial charge in [0.05, 0.1) is 5.56 Å². The number of para-hydroxylation sites is 1. The summed E-state index contributed by atoms with van der Waals surface area (Å²) in [6.07, 6.45) is 0. The predicted molar refractivity (Wildman–Crippen MR) is 72.2 cm³/mol. The summed E-state index contributed by atoms with van der Waals surface area (Å²) in [5.74, 6) is 0.211. The lowest BCUT2D eigenvalue weighted by Gasteiger charge is -2.13. The van der Waals surface area contributed by atoms with Crippen LogP contribution >= 0.6 is 0 Å². The SMILES string of the molecule is CN(C)c1cccc(C(=O)Oc2ccccc2)c1. The van der Waals surface area contributed by atoms with Gasteiger partial charge < -0.3 is 9.64 Å². The summed E-state index contributed by atoms with van der Waals surface area (Å²) in [5.41, 5.74) is 1.52. The Morgan fingerprint density at radius 2 is 1.72 bits per heavy atom. The molecule has 0 fully saturated rings. The number of hydrogen-bond donors (Lipinski definition) is 0. The molecular weight excluding hydrogens is 226 g/mol. The van der Waals surface area contributed by atoms with Gasteiger partial charge in [0.25, 0.3) is 0 Å². The van der Waals surface area contributed by atoms with Gasteiger partial charge in [0, 0.05) is 19.8 Å². The summed E-state index contributed by atoms with van der Waals surface area (Å²) in [7, 11) is 3.86. The Labute approximate surface area is 107 Å². The van der Waals surface area contributed by atoms with Crippen molar-refractivity contribution in [3.63, 3.8) is 0 Å². The van der Waals surface area contributed by atoms with Crippen LogP contribution in [0.5, 0.6) is 5.75 Å². The molecule has 0 N–H and O–H groups in total. The summed E-state index contributed by atoms with van der Waals surface area (Å²) >= 11 is 0. The molecular formula is C15H15NO2. The fraction of sp³-hybridized carbons (Fsp3) is 0.133. The monoisotopic (exact) mass is 241 g/mol. The first-order valence-electron chi connectivity index (χ1n) is 5.71. The van der Waals surface area contributed by atoms with E-state index < -0.39 is 0 Å². The van der Waals surface area contributed by atoms with Crippen molar-refractivity contribution in [1.82, 2.24) is 0 Å². The number of hydrogen-bond acceptors (Lipinski definition) is 3. The number of benzene rings is 2. The minimum absolute atomic E-state index is 0.343. The summed E-state index contributed by atoms with van der Waals surface area (Å²) in [6.45, 7) is 0. The lowest BCUT2D eigenvalue weighted by Crippen LogP contribution is -2.12. The third-order valence-corrected chi connectivity index (χ3v) is 2.55. The van der Waals surface area contributed by atoms with Gasteiger partial charge in [0.15, 0.2) is 0 Å². The normalized spacial score (nSPS) is 9.89. The van der Waals surface area contributed by atoms with Crippen molar-refractivity contribution in [1.29, 1.82) is 0 Å². The molecule has 3 heteroatoms. The van der Waals surface area contributed by atoms with Gasteiger partial charge in [-0.05, 0) is 30.3 Å². The van der Waals surface area contributed by atoms with Gasteiger partial charge in [-0.3, -0.25) is 0 Å². The van der Waals surface area contributed by atoms with Crippen molar-refractivity contribution >= 4 is 11.7 Å². The fourth-order valence-corrected chi connectivity index (χ4v) is 1.57. The summed E-state index contributed by atoms with van der Waals surface area (Å²) in [6, 6.07) is 16.4. The molecule has 0 heterocycles. The minimum Gasteiger partial charge on any atom is -0.423 e. The van der Waals surface area contributed by atoms with Crippen molar-refractivity contribution in [3.8, 4) is 5.75 Å². The van der Waals surface area contributed by atoms with Gasteiger partial charge in [-0.2, -0.15) is 0 Å². The number of nitrogens with zero attached hydrogens (tertiary/aromatic N) is 1. The Morgan fingerprint density at radius 3 is 2.39 bits per heavy atom. The van der Waals surface area contributed by atoms with Crippen LogP contribution in [0.1, 0.15) is 10.4 Å². The summed E-state index contributed by atoms with van der Waals surface area (Å²) < 4.78 is 5.28. The van der Waals surface area contributed by atoms with Gasteiger partial charge in [-0.15, -0.1) is 0 Å². The van der Waals surface area contributed by atoms with Crippen molar-refractivity contribution < 1.29 is 9.53 Å². The zero-order valence-electron chi connectivity index (χ0n) is 10.5. The van der Waals surface area contributed by atoms with Crippen LogP contribution in [0.15, 0.2) is 54.6 Å². The van der Waals surface area contributed by atoms with Gasteiger partial charge >= 0.3 is 5.97 Å². The first-order valence-corrected chi connectivity index (χ1v) is 5.71. The van der Waals surface area contributed by atoms with Crippen molar-refractivity contribution in [3.05, 3.63) is 60.2 Å². The molecule has 2 rings (SSSR count). The molecule has 2 aromatic rings. The average molecular weight is 241 g/mol. The van der Waals surface area contributed by atoms with Gasteiger partial charge in [-0.1, -0.05) is 24.3 Å². The summed E-state index contributed by atoms with van der Waals surface area (Å²) in [5, 5.41) is 0. The molecule has 0 aliphatic rings. The first-order chi connectivity index (χ1) is 8.66. The van der Waals surface area contributed by atoms with Crippen molar-refractivity contribution in [2.24, 2.45) is 0 Å². The van der Waals surface area contributed by atoms with Crippen LogP contribution in [-0.2, 0) is 0 Å². The largest absolute Gasteiger partial charge is 0.423 e. The second kappa shape index (κ2) is 5.36. The molecule has 0 aliphatic carbocycles. The van der Waals surface area contributed by atoms with Crippen LogP contribution in [0.4, 0.5) is 5.69 Å². The molecule has 18 heavy (non-hydrogen) atoms.